The number of rotatable bonds is 9. The minimum Gasteiger partial charge on any atom is -0.454 e. The molecule has 1 aliphatic carbocycles. The predicted molar refractivity (Wildman–Crippen MR) is 98.9 cm³/mol. The highest BCUT2D eigenvalue weighted by Crippen LogP contribution is 2.41. The van der Waals surface area contributed by atoms with Gasteiger partial charge < -0.3 is 25.3 Å². The highest BCUT2D eigenvalue weighted by atomic mass is 35.5. The van der Waals surface area contributed by atoms with Crippen molar-refractivity contribution in [1.29, 1.82) is 0 Å². The molecular weight excluding hydrogens is 340 g/mol. The van der Waals surface area contributed by atoms with Crippen molar-refractivity contribution < 1.29 is 19.5 Å². The Morgan fingerprint density at radius 2 is 1.92 bits per heavy atom. The van der Waals surface area contributed by atoms with Crippen LogP contribution in [-0.4, -0.2) is 30.0 Å². The van der Waals surface area contributed by atoms with Crippen molar-refractivity contribution in [3.05, 3.63) is 22.7 Å². The number of hydrogen-bond donors (Lipinski definition) is 3. The summed E-state index contributed by atoms with van der Waals surface area (Å²) in [6.45, 7) is 0.272. The van der Waals surface area contributed by atoms with Crippen LogP contribution in [0.2, 0.25) is 11.3 Å². The lowest BCUT2D eigenvalue weighted by Crippen LogP contribution is -2.39. The Hall–Kier alpha value is -0.945. The van der Waals surface area contributed by atoms with Crippen molar-refractivity contribution in [1.82, 2.24) is 0 Å². The summed E-state index contributed by atoms with van der Waals surface area (Å²) in [5.41, 5.74) is 7.40. The Morgan fingerprint density at radius 3 is 2.64 bits per heavy atom. The van der Waals surface area contributed by atoms with E-state index >= 15 is 0 Å². The molecule has 5 nitrogen and oxygen atoms in total. The van der Waals surface area contributed by atoms with Crippen LogP contribution in [0.5, 0.6) is 11.5 Å². The highest BCUT2D eigenvalue weighted by molar-refractivity contribution is 6.40. The monoisotopic (exact) mass is 367 g/mol. The van der Waals surface area contributed by atoms with Gasteiger partial charge in [0.25, 0.3) is 0 Å². The quantitative estimate of drug-likeness (QED) is 0.461. The largest absolute Gasteiger partial charge is 0.454 e. The van der Waals surface area contributed by atoms with Crippen LogP contribution >= 0.6 is 11.6 Å². The van der Waals surface area contributed by atoms with Crippen LogP contribution in [0.25, 0.3) is 0 Å². The van der Waals surface area contributed by atoms with Gasteiger partial charge in [-0.05, 0) is 61.9 Å². The summed E-state index contributed by atoms with van der Waals surface area (Å²) >= 11 is 6.33. The Bertz CT molecular complexity index is 580. The second-order valence-electron chi connectivity index (χ2n) is 7.36. The number of aryl methyl sites for hydroxylation is 1. The number of hydrogen-bond acceptors (Lipinski definition) is 5. The number of benzene rings is 1. The van der Waals surface area contributed by atoms with E-state index in [4.69, 9.17) is 36.9 Å². The first kappa shape index (κ1) is 18.8. The van der Waals surface area contributed by atoms with E-state index in [-0.39, 0.29) is 12.8 Å². The second-order valence-corrected chi connectivity index (χ2v) is 7.77. The molecule has 7 heteroatoms. The first-order valence-electron chi connectivity index (χ1n) is 9.22. The van der Waals surface area contributed by atoms with Gasteiger partial charge in [-0.3, -0.25) is 0 Å². The molecule has 1 heterocycles. The maximum absolute atomic E-state index is 8.84. The lowest BCUT2D eigenvalue weighted by atomic mass is 9.68. The Labute approximate surface area is 154 Å². The molecule has 0 radical (unpaired) electrons. The molecule has 0 spiro atoms. The van der Waals surface area contributed by atoms with Crippen LogP contribution in [-0.2, 0) is 6.42 Å². The summed E-state index contributed by atoms with van der Waals surface area (Å²) in [6.07, 6.45) is 7.65. The molecule has 3 rings (SSSR count). The molecule has 1 aromatic rings. The number of unbranched alkanes of at least 4 members (excludes halogenated alkanes) is 1. The second kappa shape index (κ2) is 8.63. The van der Waals surface area contributed by atoms with Gasteiger partial charge in [-0.2, -0.15) is 0 Å². The fourth-order valence-corrected chi connectivity index (χ4v) is 4.07. The SMILES string of the molecule is NC(CCCCB(O)O)C1CC(CCc2cc3c(cc2Cl)OCO3)C1. The third-order valence-corrected chi connectivity index (χ3v) is 5.84. The van der Waals surface area contributed by atoms with Crippen molar-refractivity contribution in [3.8, 4) is 11.5 Å². The maximum atomic E-state index is 8.84. The highest BCUT2D eigenvalue weighted by Gasteiger charge is 2.32. The van der Waals surface area contributed by atoms with Crippen LogP contribution < -0.4 is 15.2 Å². The van der Waals surface area contributed by atoms with Gasteiger partial charge in [-0.15, -0.1) is 0 Å². The van der Waals surface area contributed by atoms with E-state index in [1.807, 2.05) is 12.1 Å². The molecule has 0 bridgehead atoms. The van der Waals surface area contributed by atoms with Crippen molar-refractivity contribution in [2.45, 2.75) is 57.3 Å². The zero-order valence-corrected chi connectivity index (χ0v) is 15.3. The van der Waals surface area contributed by atoms with Gasteiger partial charge >= 0.3 is 7.12 Å². The molecule has 1 fully saturated rings. The standard InChI is InChI=1S/C18H27BClNO4/c20-15-10-18-17(24-11-25-18)9-13(15)5-4-12-7-14(8-12)16(21)3-1-2-6-19(22)23/h9-10,12,14,16,22-23H,1-8,11,21H2. The molecule has 1 aromatic carbocycles. The molecule has 0 saturated heterocycles. The molecular formula is C18H27BClNO4. The molecule has 1 atom stereocenters. The van der Waals surface area contributed by atoms with Crippen molar-refractivity contribution in [2.24, 2.45) is 17.6 Å². The maximum Gasteiger partial charge on any atom is 0.451 e. The van der Waals surface area contributed by atoms with Gasteiger partial charge in [0.15, 0.2) is 11.5 Å². The average molecular weight is 368 g/mol. The molecule has 4 N–H and O–H groups in total. The predicted octanol–water partition coefficient (Wildman–Crippen LogP) is 3.00. The van der Waals surface area contributed by atoms with E-state index in [0.717, 1.165) is 60.1 Å². The molecule has 1 unspecified atom stereocenters. The average Bonchev–Trinajstić information content (AvgIpc) is 2.96. The fourth-order valence-electron chi connectivity index (χ4n) is 3.83. The molecule has 25 heavy (non-hydrogen) atoms. The first-order chi connectivity index (χ1) is 12.0. The third kappa shape index (κ3) is 5.03. The normalized spacial score (nSPS) is 22.6. The summed E-state index contributed by atoms with van der Waals surface area (Å²) in [5, 5.41) is 18.4. The number of halogens is 1. The van der Waals surface area contributed by atoms with E-state index in [2.05, 4.69) is 0 Å². The minimum atomic E-state index is -1.19. The molecule has 1 aliphatic heterocycles. The lowest BCUT2D eigenvalue weighted by Gasteiger charge is -2.39. The summed E-state index contributed by atoms with van der Waals surface area (Å²) in [4.78, 5) is 0. The smallest absolute Gasteiger partial charge is 0.451 e. The number of fused-ring (bicyclic) bond motifs is 1. The van der Waals surface area contributed by atoms with Crippen LogP contribution in [0.15, 0.2) is 12.1 Å². The number of ether oxygens (including phenoxy) is 2. The Morgan fingerprint density at radius 1 is 1.20 bits per heavy atom. The molecule has 0 aromatic heterocycles. The van der Waals surface area contributed by atoms with E-state index in [9.17, 15) is 0 Å². The van der Waals surface area contributed by atoms with Crippen LogP contribution in [0.1, 0.15) is 44.1 Å². The van der Waals surface area contributed by atoms with Gasteiger partial charge in [0.05, 0.1) is 0 Å². The summed E-state index contributed by atoms with van der Waals surface area (Å²) in [7, 11) is -1.19. The molecule has 2 aliphatic rings. The van der Waals surface area contributed by atoms with Crippen molar-refractivity contribution in [2.75, 3.05) is 6.79 Å². The topological polar surface area (TPSA) is 84.9 Å². The van der Waals surface area contributed by atoms with Gasteiger partial charge in [-0.25, -0.2) is 0 Å². The van der Waals surface area contributed by atoms with Crippen LogP contribution in [0.3, 0.4) is 0 Å². The van der Waals surface area contributed by atoms with Crippen molar-refractivity contribution >= 4 is 18.7 Å². The van der Waals surface area contributed by atoms with E-state index in [1.54, 1.807) is 0 Å². The van der Waals surface area contributed by atoms with Gasteiger partial charge in [-0.1, -0.05) is 24.4 Å². The third-order valence-electron chi connectivity index (χ3n) is 5.49. The zero-order chi connectivity index (χ0) is 17.8. The van der Waals surface area contributed by atoms with E-state index in [1.165, 1.54) is 12.8 Å². The van der Waals surface area contributed by atoms with Gasteiger partial charge in [0.1, 0.15) is 0 Å². The molecule has 138 valence electrons. The Balaban J connectivity index is 1.35. The summed E-state index contributed by atoms with van der Waals surface area (Å²) in [5.74, 6) is 2.85. The molecule has 1 saturated carbocycles. The van der Waals surface area contributed by atoms with E-state index in [0.29, 0.717) is 12.2 Å². The first-order valence-corrected chi connectivity index (χ1v) is 9.60. The summed E-state index contributed by atoms with van der Waals surface area (Å²) in [6, 6.07) is 4.09. The van der Waals surface area contributed by atoms with Gasteiger partial charge in [0.2, 0.25) is 6.79 Å². The van der Waals surface area contributed by atoms with Crippen molar-refractivity contribution in [3.63, 3.8) is 0 Å². The number of nitrogens with two attached hydrogens (primary N) is 1. The van der Waals surface area contributed by atoms with Crippen LogP contribution in [0, 0.1) is 11.8 Å². The lowest BCUT2D eigenvalue weighted by molar-refractivity contribution is 0.147. The molecule has 0 amide bonds. The fraction of sp³-hybridized carbons (Fsp3) is 0.667. The minimum absolute atomic E-state index is 0.237. The zero-order valence-electron chi connectivity index (χ0n) is 14.5. The summed E-state index contributed by atoms with van der Waals surface area (Å²) < 4.78 is 10.8. The Kier molecular flexibility index (Phi) is 6.50. The van der Waals surface area contributed by atoms with Gasteiger partial charge in [0, 0.05) is 17.1 Å². The van der Waals surface area contributed by atoms with Crippen LogP contribution in [0.4, 0.5) is 0 Å². The van der Waals surface area contributed by atoms with E-state index < -0.39 is 7.12 Å².